The quantitative estimate of drug-likeness (QED) is 0.830. The van der Waals surface area contributed by atoms with Gasteiger partial charge in [-0.25, -0.2) is 0 Å². The van der Waals surface area contributed by atoms with Crippen LogP contribution >= 0.6 is 23.2 Å². The summed E-state index contributed by atoms with van der Waals surface area (Å²) in [6.07, 6.45) is 3.84. The molecule has 2 nitrogen and oxygen atoms in total. The zero-order valence-corrected chi connectivity index (χ0v) is 10.9. The zero-order chi connectivity index (χ0) is 12.5. The molecule has 0 bridgehead atoms. The summed E-state index contributed by atoms with van der Waals surface area (Å²) in [5.41, 5.74) is -0.935. The zero-order valence-electron chi connectivity index (χ0n) is 9.38. The predicted molar refractivity (Wildman–Crippen MR) is 68.8 cm³/mol. The van der Waals surface area contributed by atoms with Crippen molar-refractivity contribution < 1.29 is 9.90 Å². The fourth-order valence-electron chi connectivity index (χ4n) is 2.29. The molecule has 17 heavy (non-hydrogen) atoms. The highest BCUT2D eigenvalue weighted by Gasteiger charge is 2.38. The third-order valence-electron chi connectivity index (χ3n) is 3.28. The fraction of sp³-hybridized carbons (Fsp3) is 0.462. The summed E-state index contributed by atoms with van der Waals surface area (Å²) in [6.45, 7) is 0. The average Bonchev–Trinajstić information content (AvgIpc) is 2.32. The molecule has 0 amide bonds. The summed E-state index contributed by atoms with van der Waals surface area (Å²) in [5.74, 6) is -0.301. The maximum atomic E-state index is 12.3. The second-order valence-corrected chi connectivity index (χ2v) is 5.39. The lowest BCUT2D eigenvalue weighted by Gasteiger charge is -2.30. The minimum Gasteiger partial charge on any atom is -0.382 e. The SMILES string of the molecule is O=C(c1cc(Cl)ccc1Cl)C1(O)CCCCC1. The second-order valence-electron chi connectivity index (χ2n) is 4.55. The summed E-state index contributed by atoms with van der Waals surface area (Å²) in [6, 6.07) is 4.74. The van der Waals surface area contributed by atoms with Crippen molar-refractivity contribution in [2.75, 3.05) is 0 Å². The van der Waals surface area contributed by atoms with E-state index in [1.54, 1.807) is 12.1 Å². The van der Waals surface area contributed by atoms with E-state index in [0.717, 1.165) is 19.3 Å². The van der Waals surface area contributed by atoms with E-state index in [0.29, 0.717) is 28.5 Å². The number of benzene rings is 1. The van der Waals surface area contributed by atoms with Crippen LogP contribution in [0.25, 0.3) is 0 Å². The first-order valence-electron chi connectivity index (χ1n) is 5.75. The van der Waals surface area contributed by atoms with Gasteiger partial charge >= 0.3 is 0 Å². The van der Waals surface area contributed by atoms with Crippen LogP contribution in [0.4, 0.5) is 0 Å². The molecular formula is C13H14Cl2O2. The maximum absolute atomic E-state index is 12.3. The third kappa shape index (κ3) is 2.65. The van der Waals surface area contributed by atoms with Gasteiger partial charge in [-0.3, -0.25) is 4.79 Å². The average molecular weight is 273 g/mol. The van der Waals surface area contributed by atoms with E-state index in [2.05, 4.69) is 0 Å². The fourth-order valence-corrected chi connectivity index (χ4v) is 2.66. The Morgan fingerprint density at radius 2 is 1.82 bits per heavy atom. The number of hydrogen-bond donors (Lipinski definition) is 1. The first-order valence-corrected chi connectivity index (χ1v) is 6.51. The number of carbonyl (C=O) groups is 1. The van der Waals surface area contributed by atoms with E-state index in [1.807, 2.05) is 0 Å². The van der Waals surface area contributed by atoms with Gasteiger partial charge in [0.1, 0.15) is 5.60 Å². The molecule has 2 rings (SSSR count). The summed E-state index contributed by atoms with van der Waals surface area (Å²) in [5, 5.41) is 11.2. The van der Waals surface area contributed by atoms with Gasteiger partial charge in [0.25, 0.3) is 0 Å². The van der Waals surface area contributed by atoms with Crippen LogP contribution in [0.1, 0.15) is 42.5 Å². The highest BCUT2D eigenvalue weighted by molar-refractivity contribution is 6.36. The molecular weight excluding hydrogens is 259 g/mol. The molecule has 1 saturated carbocycles. The number of Topliss-reactive ketones (excluding diaryl/α,β-unsaturated/α-hetero) is 1. The predicted octanol–water partition coefficient (Wildman–Crippen LogP) is 3.87. The Kier molecular flexibility index (Phi) is 3.76. The molecule has 0 unspecified atom stereocenters. The van der Waals surface area contributed by atoms with Gasteiger partial charge in [-0.05, 0) is 31.0 Å². The lowest BCUT2D eigenvalue weighted by atomic mass is 9.79. The smallest absolute Gasteiger partial charge is 0.195 e. The topological polar surface area (TPSA) is 37.3 Å². The minimum atomic E-state index is -1.26. The highest BCUT2D eigenvalue weighted by atomic mass is 35.5. The molecule has 0 aliphatic heterocycles. The molecule has 0 atom stereocenters. The highest BCUT2D eigenvalue weighted by Crippen LogP contribution is 2.33. The van der Waals surface area contributed by atoms with Gasteiger partial charge in [0.15, 0.2) is 5.78 Å². The number of ketones is 1. The van der Waals surface area contributed by atoms with E-state index < -0.39 is 5.60 Å². The van der Waals surface area contributed by atoms with Gasteiger partial charge in [-0.1, -0.05) is 42.5 Å². The van der Waals surface area contributed by atoms with E-state index in [4.69, 9.17) is 23.2 Å². The first kappa shape index (κ1) is 12.9. The molecule has 0 spiro atoms. The molecule has 1 aromatic carbocycles. The van der Waals surface area contributed by atoms with Crippen molar-refractivity contribution in [3.63, 3.8) is 0 Å². The number of aliphatic hydroxyl groups is 1. The summed E-state index contributed by atoms with van der Waals surface area (Å²) < 4.78 is 0. The van der Waals surface area contributed by atoms with Crippen LogP contribution in [-0.4, -0.2) is 16.5 Å². The second kappa shape index (κ2) is 4.97. The van der Waals surface area contributed by atoms with Gasteiger partial charge < -0.3 is 5.11 Å². The Bertz CT molecular complexity index is 437. The molecule has 0 heterocycles. The third-order valence-corrected chi connectivity index (χ3v) is 3.84. The van der Waals surface area contributed by atoms with E-state index in [9.17, 15) is 9.90 Å². The Labute approximate surface area is 111 Å². The normalized spacial score (nSPS) is 19.0. The van der Waals surface area contributed by atoms with E-state index in [1.165, 1.54) is 6.07 Å². The maximum Gasteiger partial charge on any atom is 0.195 e. The molecule has 0 saturated heterocycles. The minimum absolute atomic E-state index is 0.301. The standard InChI is InChI=1S/C13H14Cl2O2/c14-9-4-5-11(15)10(8-9)12(16)13(17)6-2-1-3-7-13/h4-5,8,17H,1-3,6-7H2. The Balaban J connectivity index is 2.32. The van der Waals surface area contributed by atoms with Crippen molar-refractivity contribution >= 4 is 29.0 Å². The van der Waals surface area contributed by atoms with Crippen LogP contribution < -0.4 is 0 Å². The molecule has 0 aromatic heterocycles. The van der Waals surface area contributed by atoms with Crippen LogP contribution in [0.2, 0.25) is 10.0 Å². The van der Waals surface area contributed by atoms with Crippen molar-refractivity contribution in [2.45, 2.75) is 37.7 Å². The first-order chi connectivity index (χ1) is 8.03. The van der Waals surface area contributed by atoms with Crippen LogP contribution in [0, 0.1) is 0 Å². The van der Waals surface area contributed by atoms with Crippen LogP contribution in [0.15, 0.2) is 18.2 Å². The molecule has 1 N–H and O–H groups in total. The lowest BCUT2D eigenvalue weighted by Crippen LogP contribution is -2.40. The van der Waals surface area contributed by atoms with Crippen molar-refractivity contribution in [1.29, 1.82) is 0 Å². The van der Waals surface area contributed by atoms with Crippen molar-refractivity contribution in [3.8, 4) is 0 Å². The molecule has 4 heteroatoms. The van der Waals surface area contributed by atoms with Crippen molar-refractivity contribution in [3.05, 3.63) is 33.8 Å². The molecule has 92 valence electrons. The van der Waals surface area contributed by atoms with Gasteiger partial charge in [-0.15, -0.1) is 0 Å². The number of halogens is 2. The Morgan fingerprint density at radius 3 is 2.47 bits per heavy atom. The number of rotatable bonds is 2. The van der Waals surface area contributed by atoms with E-state index in [-0.39, 0.29) is 5.78 Å². The van der Waals surface area contributed by atoms with Gasteiger partial charge in [-0.2, -0.15) is 0 Å². The van der Waals surface area contributed by atoms with Gasteiger partial charge in [0.2, 0.25) is 0 Å². The Hall–Kier alpha value is -0.570. The molecule has 1 aromatic rings. The largest absolute Gasteiger partial charge is 0.382 e. The monoisotopic (exact) mass is 272 g/mol. The summed E-state index contributed by atoms with van der Waals surface area (Å²) in [4.78, 5) is 12.3. The van der Waals surface area contributed by atoms with Gasteiger partial charge in [0, 0.05) is 10.6 Å². The molecule has 0 radical (unpaired) electrons. The van der Waals surface area contributed by atoms with Crippen molar-refractivity contribution in [1.82, 2.24) is 0 Å². The number of hydrogen-bond acceptors (Lipinski definition) is 2. The molecule has 1 aliphatic rings. The number of carbonyl (C=O) groups excluding carboxylic acids is 1. The van der Waals surface area contributed by atoms with Crippen molar-refractivity contribution in [2.24, 2.45) is 0 Å². The van der Waals surface area contributed by atoms with Crippen LogP contribution in [0.3, 0.4) is 0 Å². The summed E-state index contributed by atoms with van der Waals surface area (Å²) >= 11 is 11.8. The lowest BCUT2D eigenvalue weighted by molar-refractivity contribution is 0.0116. The van der Waals surface area contributed by atoms with Gasteiger partial charge in [0.05, 0.1) is 5.02 Å². The Morgan fingerprint density at radius 1 is 1.18 bits per heavy atom. The molecule has 1 fully saturated rings. The summed E-state index contributed by atoms with van der Waals surface area (Å²) in [7, 11) is 0. The molecule has 1 aliphatic carbocycles. The van der Waals surface area contributed by atoms with Crippen LogP contribution in [-0.2, 0) is 0 Å². The van der Waals surface area contributed by atoms with Crippen LogP contribution in [0.5, 0.6) is 0 Å². The van der Waals surface area contributed by atoms with E-state index >= 15 is 0 Å².